The third-order valence-electron chi connectivity index (χ3n) is 3.04. The molecule has 0 aromatic heterocycles. The van der Waals surface area contributed by atoms with Crippen molar-refractivity contribution in [3.63, 3.8) is 0 Å². The van der Waals surface area contributed by atoms with Gasteiger partial charge in [-0.25, -0.2) is 0 Å². The smallest absolute Gasteiger partial charge is 0.250 e. The van der Waals surface area contributed by atoms with Gasteiger partial charge in [0.05, 0.1) is 7.11 Å². The lowest BCUT2D eigenvalue weighted by Crippen LogP contribution is -2.48. The van der Waals surface area contributed by atoms with Gasteiger partial charge in [-0.3, -0.25) is 25.8 Å². The predicted octanol–water partition coefficient (Wildman–Crippen LogP) is 1.14. The lowest BCUT2D eigenvalue weighted by Gasteiger charge is -2.09. The number of benzene rings is 1. The fourth-order valence-electron chi connectivity index (χ4n) is 1.72. The van der Waals surface area contributed by atoms with Crippen LogP contribution in [0.3, 0.4) is 0 Å². The number of nitrogens with one attached hydrogen (secondary N) is 3. The largest absolute Gasteiger partial charge is 0.496 e. The Morgan fingerprint density at radius 3 is 2.68 bits per heavy atom. The zero-order valence-corrected chi connectivity index (χ0v) is 12.9. The number of ether oxygens (including phenoxy) is 1. The quantitative estimate of drug-likeness (QED) is 0.441. The highest BCUT2D eigenvalue weighted by molar-refractivity contribution is 7.80. The molecule has 7 heteroatoms. The van der Waals surface area contributed by atoms with Crippen LogP contribution >= 0.6 is 12.2 Å². The van der Waals surface area contributed by atoms with E-state index in [1.165, 1.54) is 6.08 Å². The lowest BCUT2D eigenvalue weighted by atomic mass is 10.2. The topological polar surface area (TPSA) is 79.5 Å². The van der Waals surface area contributed by atoms with E-state index in [2.05, 4.69) is 16.2 Å². The number of thiocarbonyl (C=S) groups is 1. The van der Waals surface area contributed by atoms with Crippen molar-refractivity contribution in [2.75, 3.05) is 7.11 Å². The van der Waals surface area contributed by atoms with E-state index in [0.717, 1.165) is 18.4 Å². The first-order valence-corrected chi connectivity index (χ1v) is 7.23. The van der Waals surface area contributed by atoms with E-state index < -0.39 is 5.91 Å². The summed E-state index contributed by atoms with van der Waals surface area (Å²) in [4.78, 5) is 23.1. The lowest BCUT2D eigenvalue weighted by molar-refractivity contribution is -0.123. The van der Waals surface area contributed by atoms with Gasteiger partial charge in [0.2, 0.25) is 11.8 Å². The molecule has 0 bridgehead atoms. The van der Waals surface area contributed by atoms with Crippen LogP contribution in [0.4, 0.5) is 0 Å². The van der Waals surface area contributed by atoms with E-state index in [0.29, 0.717) is 5.75 Å². The number of hydrogen-bond donors (Lipinski definition) is 3. The molecule has 1 aliphatic rings. The number of methoxy groups -OCH3 is 1. The molecule has 1 aromatic carbocycles. The van der Waals surface area contributed by atoms with Crippen molar-refractivity contribution < 1.29 is 14.3 Å². The van der Waals surface area contributed by atoms with E-state index in [1.807, 2.05) is 18.2 Å². The number of hydrazine groups is 1. The standard InChI is InChI=1S/C15H17N3O3S/c1-21-12-5-3-2-4-10(12)8-9-13(19)16-15(22)18-17-14(20)11-6-7-11/h2-5,8-9,11H,6-7H2,1H3,(H,17,20)(H2,16,18,19,22)/b9-8+. The second-order valence-corrected chi connectivity index (χ2v) is 5.19. The Morgan fingerprint density at radius 2 is 2.00 bits per heavy atom. The minimum absolute atomic E-state index is 0.0451. The zero-order chi connectivity index (χ0) is 15.9. The molecule has 3 N–H and O–H groups in total. The second kappa shape index (κ2) is 7.56. The van der Waals surface area contributed by atoms with Crippen molar-refractivity contribution in [2.24, 2.45) is 5.92 Å². The number of carbonyl (C=O) groups is 2. The molecule has 0 saturated heterocycles. The van der Waals surface area contributed by atoms with Crippen LogP contribution in [0.2, 0.25) is 0 Å². The predicted molar refractivity (Wildman–Crippen MR) is 86.8 cm³/mol. The Hall–Kier alpha value is -2.41. The van der Waals surface area contributed by atoms with Crippen molar-refractivity contribution in [1.29, 1.82) is 0 Å². The molecule has 0 unspecified atom stereocenters. The normalized spacial score (nSPS) is 13.5. The van der Waals surface area contributed by atoms with Crippen LogP contribution in [-0.2, 0) is 9.59 Å². The maximum atomic E-state index is 11.7. The van der Waals surface area contributed by atoms with Crippen LogP contribution in [0, 0.1) is 5.92 Å². The highest BCUT2D eigenvalue weighted by Crippen LogP contribution is 2.28. The van der Waals surface area contributed by atoms with Crippen molar-refractivity contribution in [3.8, 4) is 5.75 Å². The van der Waals surface area contributed by atoms with Crippen molar-refractivity contribution >= 4 is 35.2 Å². The van der Waals surface area contributed by atoms with Gasteiger partial charge in [-0.15, -0.1) is 0 Å². The molecule has 22 heavy (non-hydrogen) atoms. The van der Waals surface area contributed by atoms with E-state index in [4.69, 9.17) is 17.0 Å². The summed E-state index contributed by atoms with van der Waals surface area (Å²) in [7, 11) is 1.56. The van der Waals surface area contributed by atoms with E-state index >= 15 is 0 Å². The third kappa shape index (κ3) is 4.85. The SMILES string of the molecule is COc1ccccc1/C=C/C(=O)NC(=S)NNC(=O)C1CC1. The summed E-state index contributed by atoms with van der Waals surface area (Å²) < 4.78 is 5.18. The fraction of sp³-hybridized carbons (Fsp3) is 0.267. The number of para-hydroxylation sites is 1. The molecule has 0 spiro atoms. The van der Waals surface area contributed by atoms with Gasteiger partial charge in [-0.05, 0) is 37.2 Å². The maximum Gasteiger partial charge on any atom is 0.250 e. The average Bonchev–Trinajstić information content (AvgIpc) is 3.35. The van der Waals surface area contributed by atoms with Crippen LogP contribution in [0.1, 0.15) is 18.4 Å². The molecule has 1 aromatic rings. The van der Waals surface area contributed by atoms with E-state index in [9.17, 15) is 9.59 Å². The van der Waals surface area contributed by atoms with Gasteiger partial charge < -0.3 is 4.74 Å². The van der Waals surface area contributed by atoms with Crippen LogP contribution in [0.25, 0.3) is 6.08 Å². The summed E-state index contributed by atoms with van der Waals surface area (Å²) >= 11 is 4.92. The molecule has 6 nitrogen and oxygen atoms in total. The first kappa shape index (κ1) is 16.0. The summed E-state index contributed by atoms with van der Waals surface area (Å²) in [5.74, 6) is 0.227. The van der Waals surface area contributed by atoms with Crippen molar-refractivity contribution in [2.45, 2.75) is 12.8 Å². The van der Waals surface area contributed by atoms with E-state index in [1.54, 1.807) is 19.3 Å². The van der Waals surface area contributed by atoms with Gasteiger partial charge >= 0.3 is 0 Å². The Kier molecular flexibility index (Phi) is 5.48. The van der Waals surface area contributed by atoms with Gasteiger partial charge in [0.1, 0.15) is 5.75 Å². The summed E-state index contributed by atoms with van der Waals surface area (Å²) in [6, 6.07) is 7.32. The number of rotatable bonds is 4. The molecule has 0 aliphatic heterocycles. The Morgan fingerprint density at radius 1 is 1.27 bits per heavy atom. The van der Waals surface area contributed by atoms with Gasteiger partial charge in [-0.1, -0.05) is 18.2 Å². The maximum absolute atomic E-state index is 11.7. The average molecular weight is 319 g/mol. The van der Waals surface area contributed by atoms with Gasteiger partial charge in [-0.2, -0.15) is 0 Å². The van der Waals surface area contributed by atoms with Crippen LogP contribution in [0.5, 0.6) is 5.75 Å². The van der Waals surface area contributed by atoms with Gasteiger partial charge in [0, 0.05) is 17.6 Å². The molecule has 0 radical (unpaired) electrons. The molecule has 1 saturated carbocycles. The van der Waals surface area contributed by atoms with Crippen LogP contribution in [-0.4, -0.2) is 24.0 Å². The summed E-state index contributed by atoms with van der Waals surface area (Å²) in [5.41, 5.74) is 5.73. The monoisotopic (exact) mass is 319 g/mol. The molecule has 1 fully saturated rings. The van der Waals surface area contributed by atoms with E-state index in [-0.39, 0.29) is 16.9 Å². The highest BCUT2D eigenvalue weighted by Gasteiger charge is 2.29. The molecular formula is C15H17N3O3S. The minimum atomic E-state index is -0.399. The molecular weight excluding hydrogens is 302 g/mol. The summed E-state index contributed by atoms with van der Waals surface area (Å²) in [5, 5.41) is 2.49. The molecule has 2 rings (SSSR count). The Bertz CT molecular complexity index is 612. The fourth-order valence-corrected chi connectivity index (χ4v) is 1.87. The highest BCUT2D eigenvalue weighted by atomic mass is 32.1. The minimum Gasteiger partial charge on any atom is -0.496 e. The van der Waals surface area contributed by atoms with Crippen molar-refractivity contribution in [3.05, 3.63) is 35.9 Å². The van der Waals surface area contributed by atoms with Gasteiger partial charge in [0.15, 0.2) is 5.11 Å². The molecule has 1 aliphatic carbocycles. The Labute approximate surface area is 133 Å². The first-order valence-electron chi connectivity index (χ1n) is 6.82. The number of hydrogen-bond acceptors (Lipinski definition) is 4. The number of carbonyl (C=O) groups excluding carboxylic acids is 2. The molecule has 116 valence electrons. The Balaban J connectivity index is 1.80. The van der Waals surface area contributed by atoms with Crippen molar-refractivity contribution in [1.82, 2.24) is 16.2 Å². The molecule has 0 atom stereocenters. The number of amides is 2. The molecule has 0 heterocycles. The third-order valence-corrected chi connectivity index (χ3v) is 3.24. The summed E-state index contributed by atoms with van der Waals surface area (Å²) in [6.07, 6.45) is 4.76. The van der Waals surface area contributed by atoms with Crippen LogP contribution < -0.4 is 20.9 Å². The van der Waals surface area contributed by atoms with Gasteiger partial charge in [0.25, 0.3) is 0 Å². The van der Waals surface area contributed by atoms with Crippen LogP contribution in [0.15, 0.2) is 30.3 Å². The molecule has 2 amide bonds. The zero-order valence-electron chi connectivity index (χ0n) is 12.1. The first-order chi connectivity index (χ1) is 10.6. The second-order valence-electron chi connectivity index (χ2n) is 4.78. The summed E-state index contributed by atoms with van der Waals surface area (Å²) in [6.45, 7) is 0.